The second-order valence-electron chi connectivity index (χ2n) is 9.08. The molecule has 1 unspecified atom stereocenters. The maximum absolute atomic E-state index is 14.7. The Morgan fingerprint density at radius 3 is 2.91 bits per heavy atom. The SMILES string of the molecule is O=C1CSc2nnc(CNC3CCN(CC4Cn5c(=O)cnc6ccc(F)c4c65)CC3)cc2N1. The van der Waals surface area contributed by atoms with Gasteiger partial charge in [-0.1, -0.05) is 11.8 Å². The van der Waals surface area contributed by atoms with Crippen LogP contribution in [0.3, 0.4) is 0 Å². The molecule has 2 N–H and O–H groups in total. The summed E-state index contributed by atoms with van der Waals surface area (Å²) in [6.45, 7) is 3.61. The normalized spacial score (nSPS) is 20.5. The number of hydrogen-bond acceptors (Lipinski definition) is 8. The molecule has 1 atom stereocenters. The zero-order chi connectivity index (χ0) is 23.2. The number of benzene rings is 1. The molecule has 3 aliphatic heterocycles. The van der Waals surface area contributed by atoms with Crippen LogP contribution in [0, 0.1) is 5.82 Å². The van der Waals surface area contributed by atoms with Gasteiger partial charge in [0.2, 0.25) is 5.91 Å². The molecular formula is C23H24FN7O2S. The fourth-order valence-electron chi connectivity index (χ4n) is 5.20. The number of carbonyl (C=O) groups excluding carboxylic acids is 1. The Hall–Kier alpha value is -2.89. The molecule has 1 amide bonds. The third-order valence-electron chi connectivity index (χ3n) is 6.87. The molecule has 176 valence electrons. The molecule has 3 aliphatic rings. The van der Waals surface area contributed by atoms with E-state index in [9.17, 15) is 14.0 Å². The largest absolute Gasteiger partial charge is 0.323 e. The molecule has 1 fully saturated rings. The number of fused-ring (bicyclic) bond motifs is 1. The Balaban J connectivity index is 1.06. The molecule has 6 rings (SSSR count). The molecular weight excluding hydrogens is 457 g/mol. The fourth-order valence-corrected chi connectivity index (χ4v) is 5.90. The summed E-state index contributed by atoms with van der Waals surface area (Å²) < 4.78 is 16.4. The van der Waals surface area contributed by atoms with Crippen LogP contribution in [0.2, 0.25) is 0 Å². The topological polar surface area (TPSA) is 105 Å². The molecule has 5 heterocycles. The average molecular weight is 482 g/mol. The molecule has 3 aromatic rings. The number of hydrogen-bond donors (Lipinski definition) is 2. The van der Waals surface area contributed by atoms with Crippen molar-refractivity contribution >= 4 is 34.4 Å². The van der Waals surface area contributed by atoms with Crippen LogP contribution in [0.1, 0.15) is 30.0 Å². The van der Waals surface area contributed by atoms with Gasteiger partial charge in [0, 0.05) is 37.2 Å². The van der Waals surface area contributed by atoms with Crippen LogP contribution in [0.4, 0.5) is 10.1 Å². The molecule has 9 nitrogen and oxygen atoms in total. The second kappa shape index (κ2) is 8.71. The molecule has 0 bridgehead atoms. The van der Waals surface area contributed by atoms with E-state index in [4.69, 9.17) is 0 Å². The number of anilines is 1. The van der Waals surface area contributed by atoms with Crippen molar-refractivity contribution < 1.29 is 9.18 Å². The van der Waals surface area contributed by atoms with Gasteiger partial charge in [0.1, 0.15) is 10.8 Å². The van der Waals surface area contributed by atoms with Gasteiger partial charge in [-0.25, -0.2) is 9.37 Å². The van der Waals surface area contributed by atoms with Gasteiger partial charge in [0.05, 0.1) is 34.4 Å². The Bertz CT molecular complexity index is 1340. The van der Waals surface area contributed by atoms with Crippen LogP contribution in [0.5, 0.6) is 0 Å². The quantitative estimate of drug-likeness (QED) is 0.568. The smallest absolute Gasteiger partial charge is 0.269 e. The number of rotatable bonds is 5. The van der Waals surface area contributed by atoms with Crippen molar-refractivity contribution in [3.05, 3.63) is 51.8 Å². The maximum atomic E-state index is 14.7. The first-order valence-electron chi connectivity index (χ1n) is 11.5. The molecule has 34 heavy (non-hydrogen) atoms. The lowest BCUT2D eigenvalue weighted by Crippen LogP contribution is -2.43. The van der Waals surface area contributed by atoms with E-state index in [1.165, 1.54) is 24.0 Å². The highest BCUT2D eigenvalue weighted by Gasteiger charge is 2.31. The van der Waals surface area contributed by atoms with Crippen molar-refractivity contribution in [3.8, 4) is 0 Å². The fraction of sp³-hybridized carbons (Fsp3) is 0.435. The molecule has 0 radical (unpaired) electrons. The van der Waals surface area contributed by atoms with Crippen LogP contribution in [-0.2, 0) is 17.9 Å². The molecule has 1 aromatic carbocycles. The Labute approximate surface area is 199 Å². The first-order chi connectivity index (χ1) is 16.5. The lowest BCUT2D eigenvalue weighted by atomic mass is 9.97. The van der Waals surface area contributed by atoms with Crippen LogP contribution < -0.4 is 16.2 Å². The van der Waals surface area contributed by atoms with E-state index in [2.05, 4.69) is 30.7 Å². The van der Waals surface area contributed by atoms with Gasteiger partial charge < -0.3 is 20.1 Å². The zero-order valence-electron chi connectivity index (χ0n) is 18.5. The first-order valence-corrected chi connectivity index (χ1v) is 12.5. The molecule has 0 aliphatic carbocycles. The standard InChI is InChI=1S/C23H24FN7O2S/c24-16-1-2-17-22-21(16)13(11-31(22)20(33)9-26-17)10-30-5-3-14(4-6-30)25-8-15-7-18-23(29-28-15)34-12-19(32)27-18/h1-2,7,9,13-14,25H,3-6,8,10-12H2,(H,27,32). The van der Waals surface area contributed by atoms with Gasteiger partial charge in [-0.05, 0) is 44.1 Å². The minimum absolute atomic E-state index is 0.0144. The lowest BCUT2D eigenvalue weighted by molar-refractivity contribution is -0.113. The van der Waals surface area contributed by atoms with Crippen molar-refractivity contribution in [1.29, 1.82) is 0 Å². The van der Waals surface area contributed by atoms with E-state index in [1.54, 1.807) is 10.6 Å². The Morgan fingerprint density at radius 1 is 1.21 bits per heavy atom. The number of aromatic nitrogens is 4. The monoisotopic (exact) mass is 481 g/mol. The Kier molecular flexibility index (Phi) is 5.54. The van der Waals surface area contributed by atoms with Gasteiger partial charge in [0.25, 0.3) is 5.56 Å². The summed E-state index contributed by atoms with van der Waals surface area (Å²) in [7, 11) is 0. The van der Waals surface area contributed by atoms with Crippen molar-refractivity contribution in [3.63, 3.8) is 0 Å². The van der Waals surface area contributed by atoms with E-state index in [-0.39, 0.29) is 23.2 Å². The van der Waals surface area contributed by atoms with Crippen molar-refractivity contribution in [2.75, 3.05) is 30.7 Å². The number of nitrogens with one attached hydrogen (secondary N) is 2. The summed E-state index contributed by atoms with van der Waals surface area (Å²) in [5.41, 5.74) is 3.30. The molecule has 11 heteroatoms. The molecule has 0 saturated carbocycles. The number of likely N-dealkylation sites (tertiary alicyclic amines) is 1. The molecule has 1 saturated heterocycles. The second-order valence-corrected chi connectivity index (χ2v) is 10.0. The van der Waals surface area contributed by atoms with E-state index < -0.39 is 0 Å². The lowest BCUT2D eigenvalue weighted by Gasteiger charge is -2.34. The summed E-state index contributed by atoms with van der Waals surface area (Å²) in [5.74, 6) is 0.0528. The van der Waals surface area contributed by atoms with Crippen LogP contribution in [0.15, 0.2) is 34.2 Å². The third kappa shape index (κ3) is 3.97. The van der Waals surface area contributed by atoms with Crippen molar-refractivity contribution in [2.45, 2.75) is 42.9 Å². The number of thioether (sulfide) groups is 1. The number of nitrogens with zero attached hydrogens (tertiary/aromatic N) is 5. The Morgan fingerprint density at radius 2 is 2.06 bits per heavy atom. The predicted octanol–water partition coefficient (Wildman–Crippen LogP) is 1.72. The highest BCUT2D eigenvalue weighted by Crippen LogP contribution is 2.35. The van der Waals surface area contributed by atoms with E-state index in [1.807, 2.05) is 6.07 Å². The van der Waals surface area contributed by atoms with Gasteiger partial charge in [-0.2, -0.15) is 5.10 Å². The molecule has 0 spiro atoms. The minimum Gasteiger partial charge on any atom is -0.323 e. The third-order valence-corrected chi connectivity index (χ3v) is 7.85. The summed E-state index contributed by atoms with van der Waals surface area (Å²) in [5, 5.41) is 15.7. The molecule has 2 aromatic heterocycles. The number of amides is 1. The first kappa shape index (κ1) is 21.6. The van der Waals surface area contributed by atoms with Crippen molar-refractivity contribution in [2.24, 2.45) is 0 Å². The minimum atomic E-state index is -0.256. The van der Waals surface area contributed by atoms with Gasteiger partial charge >= 0.3 is 0 Å². The van der Waals surface area contributed by atoms with Crippen LogP contribution >= 0.6 is 11.8 Å². The maximum Gasteiger partial charge on any atom is 0.269 e. The number of piperidine rings is 1. The number of halogens is 1. The van der Waals surface area contributed by atoms with Gasteiger partial charge in [0.15, 0.2) is 0 Å². The summed E-state index contributed by atoms with van der Waals surface area (Å²) in [4.78, 5) is 30.5. The van der Waals surface area contributed by atoms with E-state index in [0.717, 1.165) is 48.9 Å². The number of carbonyl (C=O) groups is 1. The average Bonchev–Trinajstić information content (AvgIpc) is 3.23. The van der Waals surface area contributed by atoms with E-state index in [0.29, 0.717) is 41.5 Å². The predicted molar refractivity (Wildman–Crippen MR) is 126 cm³/mol. The van der Waals surface area contributed by atoms with Crippen LogP contribution in [0.25, 0.3) is 11.0 Å². The summed E-state index contributed by atoms with van der Waals surface area (Å²) >= 11 is 1.40. The zero-order valence-corrected chi connectivity index (χ0v) is 19.3. The van der Waals surface area contributed by atoms with Crippen molar-refractivity contribution in [1.82, 2.24) is 30.0 Å². The summed E-state index contributed by atoms with van der Waals surface area (Å²) in [6.07, 6.45) is 3.26. The van der Waals surface area contributed by atoms with Crippen LogP contribution in [-0.4, -0.2) is 62.0 Å². The highest BCUT2D eigenvalue weighted by atomic mass is 32.2. The summed E-state index contributed by atoms with van der Waals surface area (Å²) in [6, 6.07) is 5.34. The van der Waals surface area contributed by atoms with E-state index >= 15 is 0 Å². The van der Waals surface area contributed by atoms with Gasteiger partial charge in [-0.3, -0.25) is 9.59 Å². The van der Waals surface area contributed by atoms with Gasteiger partial charge in [-0.15, -0.1) is 5.10 Å². The highest BCUT2D eigenvalue weighted by molar-refractivity contribution is 8.00.